The Bertz CT molecular complexity index is 763. The summed E-state index contributed by atoms with van der Waals surface area (Å²) in [5, 5.41) is 0. The lowest BCUT2D eigenvalue weighted by Crippen LogP contribution is -1.98. The fraction of sp³-hybridized carbons (Fsp3) is 0.250. The number of hydrogen-bond donors (Lipinski definition) is 0. The fourth-order valence-electron chi connectivity index (χ4n) is 2.22. The highest BCUT2D eigenvalue weighted by atomic mass is 16.5. The predicted molar refractivity (Wildman–Crippen MR) is 81.1 cm³/mol. The van der Waals surface area contributed by atoms with Gasteiger partial charge in [0.1, 0.15) is 23.0 Å². The quantitative estimate of drug-likeness (QED) is 0.725. The second-order valence-corrected chi connectivity index (χ2v) is 4.82. The standard InChI is InChI=1S/C16H17N3O3/c1-11-14(9-19-7-6-17-10-19)18-16(22-11)13-8-12(20-2)4-5-15(13)21-3/h4-8,10H,9H2,1-3H3. The van der Waals surface area contributed by atoms with E-state index in [1.165, 1.54) is 0 Å². The van der Waals surface area contributed by atoms with Crippen LogP contribution in [0.4, 0.5) is 0 Å². The highest BCUT2D eigenvalue weighted by Gasteiger charge is 2.16. The van der Waals surface area contributed by atoms with Crippen molar-refractivity contribution in [2.24, 2.45) is 0 Å². The average Bonchev–Trinajstić information content (AvgIpc) is 3.17. The van der Waals surface area contributed by atoms with Gasteiger partial charge in [-0.05, 0) is 25.1 Å². The van der Waals surface area contributed by atoms with Crippen LogP contribution in [0.5, 0.6) is 11.5 Å². The lowest BCUT2D eigenvalue weighted by molar-refractivity contribution is 0.402. The number of ether oxygens (including phenoxy) is 2. The minimum absolute atomic E-state index is 0.517. The van der Waals surface area contributed by atoms with Crippen LogP contribution in [0.3, 0.4) is 0 Å². The maximum atomic E-state index is 5.81. The van der Waals surface area contributed by atoms with E-state index in [1.54, 1.807) is 26.7 Å². The zero-order chi connectivity index (χ0) is 15.5. The van der Waals surface area contributed by atoms with E-state index in [9.17, 15) is 0 Å². The van der Waals surface area contributed by atoms with Gasteiger partial charge in [-0.25, -0.2) is 9.97 Å². The summed E-state index contributed by atoms with van der Waals surface area (Å²) in [7, 11) is 3.24. The molecule has 0 aliphatic rings. The Balaban J connectivity index is 1.98. The molecule has 0 fully saturated rings. The lowest BCUT2D eigenvalue weighted by Gasteiger charge is -2.07. The second kappa shape index (κ2) is 5.93. The van der Waals surface area contributed by atoms with Crippen LogP contribution in [-0.2, 0) is 6.54 Å². The first kappa shape index (κ1) is 14.2. The number of benzene rings is 1. The van der Waals surface area contributed by atoms with Crippen LogP contribution in [0, 0.1) is 6.92 Å². The molecule has 0 saturated heterocycles. The van der Waals surface area contributed by atoms with Gasteiger partial charge in [0, 0.05) is 12.4 Å². The predicted octanol–water partition coefficient (Wildman–Crippen LogP) is 2.91. The molecule has 0 bridgehead atoms. The van der Waals surface area contributed by atoms with E-state index in [1.807, 2.05) is 35.9 Å². The molecule has 6 heteroatoms. The molecule has 1 aromatic carbocycles. The van der Waals surface area contributed by atoms with Crippen molar-refractivity contribution in [1.29, 1.82) is 0 Å². The van der Waals surface area contributed by atoms with Gasteiger partial charge in [-0.2, -0.15) is 0 Å². The summed E-state index contributed by atoms with van der Waals surface area (Å²) in [5.74, 6) is 2.70. The first-order valence-electron chi connectivity index (χ1n) is 6.85. The van der Waals surface area contributed by atoms with E-state index in [0.717, 1.165) is 22.8 Å². The number of aryl methyl sites for hydroxylation is 1. The molecule has 114 valence electrons. The van der Waals surface area contributed by atoms with E-state index < -0.39 is 0 Å². The molecule has 3 aromatic rings. The smallest absolute Gasteiger partial charge is 0.230 e. The van der Waals surface area contributed by atoms with Gasteiger partial charge < -0.3 is 18.5 Å². The van der Waals surface area contributed by atoms with Crippen molar-refractivity contribution in [2.75, 3.05) is 14.2 Å². The number of hydrogen-bond acceptors (Lipinski definition) is 5. The minimum Gasteiger partial charge on any atom is -0.497 e. The number of rotatable bonds is 5. The Morgan fingerprint density at radius 3 is 2.77 bits per heavy atom. The molecular weight excluding hydrogens is 282 g/mol. The first-order valence-corrected chi connectivity index (χ1v) is 6.85. The van der Waals surface area contributed by atoms with Gasteiger partial charge in [0.15, 0.2) is 0 Å². The van der Waals surface area contributed by atoms with Crippen LogP contribution in [0.15, 0.2) is 41.3 Å². The molecule has 0 aliphatic carbocycles. The molecule has 0 atom stereocenters. The van der Waals surface area contributed by atoms with Gasteiger partial charge in [0.05, 0.1) is 32.7 Å². The number of imidazole rings is 1. The van der Waals surface area contributed by atoms with E-state index in [4.69, 9.17) is 13.9 Å². The summed E-state index contributed by atoms with van der Waals surface area (Å²) >= 11 is 0. The molecule has 0 spiro atoms. The number of aromatic nitrogens is 3. The zero-order valence-electron chi connectivity index (χ0n) is 12.7. The molecule has 0 N–H and O–H groups in total. The van der Waals surface area contributed by atoms with Crippen LogP contribution in [0.1, 0.15) is 11.5 Å². The summed E-state index contributed by atoms with van der Waals surface area (Å²) < 4.78 is 18.4. The maximum absolute atomic E-state index is 5.81. The van der Waals surface area contributed by atoms with Gasteiger partial charge in [0.25, 0.3) is 0 Å². The second-order valence-electron chi connectivity index (χ2n) is 4.82. The molecule has 2 heterocycles. The van der Waals surface area contributed by atoms with Crippen molar-refractivity contribution in [3.05, 3.63) is 48.4 Å². The molecule has 3 rings (SSSR count). The highest BCUT2D eigenvalue weighted by Crippen LogP contribution is 2.33. The fourth-order valence-corrected chi connectivity index (χ4v) is 2.22. The Labute approximate surface area is 128 Å². The minimum atomic E-state index is 0.517. The van der Waals surface area contributed by atoms with E-state index >= 15 is 0 Å². The van der Waals surface area contributed by atoms with Crippen molar-refractivity contribution in [1.82, 2.24) is 14.5 Å². The third kappa shape index (κ3) is 2.67. The van der Waals surface area contributed by atoms with E-state index in [2.05, 4.69) is 9.97 Å². The van der Waals surface area contributed by atoms with Crippen LogP contribution in [0.25, 0.3) is 11.5 Å². The third-order valence-corrected chi connectivity index (χ3v) is 3.42. The third-order valence-electron chi connectivity index (χ3n) is 3.42. The monoisotopic (exact) mass is 299 g/mol. The Morgan fingerprint density at radius 1 is 1.23 bits per heavy atom. The normalized spacial score (nSPS) is 10.7. The summed E-state index contributed by atoms with van der Waals surface area (Å²) in [5.41, 5.74) is 1.62. The molecule has 0 saturated carbocycles. The summed E-state index contributed by atoms with van der Waals surface area (Å²) in [6.45, 7) is 2.51. The van der Waals surface area contributed by atoms with Crippen LogP contribution in [-0.4, -0.2) is 28.8 Å². The van der Waals surface area contributed by atoms with Crippen molar-refractivity contribution in [3.8, 4) is 23.0 Å². The SMILES string of the molecule is COc1ccc(OC)c(-c2nc(Cn3ccnc3)c(C)o2)c1. The summed E-state index contributed by atoms with van der Waals surface area (Å²) in [4.78, 5) is 8.62. The van der Waals surface area contributed by atoms with E-state index in [0.29, 0.717) is 18.2 Å². The lowest BCUT2D eigenvalue weighted by atomic mass is 10.2. The molecule has 6 nitrogen and oxygen atoms in total. The molecule has 0 aliphatic heterocycles. The average molecular weight is 299 g/mol. The molecule has 22 heavy (non-hydrogen) atoms. The first-order chi connectivity index (χ1) is 10.7. The van der Waals surface area contributed by atoms with Crippen LogP contribution in [0.2, 0.25) is 0 Å². The number of nitrogens with zero attached hydrogens (tertiary/aromatic N) is 3. The van der Waals surface area contributed by atoms with E-state index in [-0.39, 0.29) is 0 Å². The number of oxazole rings is 1. The van der Waals surface area contributed by atoms with Crippen molar-refractivity contribution < 1.29 is 13.9 Å². The van der Waals surface area contributed by atoms with Gasteiger partial charge in [-0.1, -0.05) is 0 Å². The Hall–Kier alpha value is -2.76. The van der Waals surface area contributed by atoms with Crippen molar-refractivity contribution >= 4 is 0 Å². The molecule has 2 aromatic heterocycles. The highest BCUT2D eigenvalue weighted by molar-refractivity contribution is 5.65. The number of methoxy groups -OCH3 is 2. The zero-order valence-corrected chi connectivity index (χ0v) is 12.7. The molecule has 0 amide bonds. The van der Waals surface area contributed by atoms with Gasteiger partial charge in [0.2, 0.25) is 5.89 Å². The van der Waals surface area contributed by atoms with Crippen LogP contribution < -0.4 is 9.47 Å². The molecular formula is C16H17N3O3. The van der Waals surface area contributed by atoms with Crippen LogP contribution >= 0.6 is 0 Å². The van der Waals surface area contributed by atoms with Crippen molar-refractivity contribution in [2.45, 2.75) is 13.5 Å². The molecule has 0 unspecified atom stereocenters. The Kier molecular flexibility index (Phi) is 3.82. The largest absolute Gasteiger partial charge is 0.497 e. The summed E-state index contributed by atoms with van der Waals surface area (Å²) in [6, 6.07) is 5.53. The Morgan fingerprint density at radius 2 is 2.09 bits per heavy atom. The van der Waals surface area contributed by atoms with Crippen molar-refractivity contribution in [3.63, 3.8) is 0 Å². The maximum Gasteiger partial charge on any atom is 0.230 e. The molecule has 0 radical (unpaired) electrons. The topological polar surface area (TPSA) is 62.3 Å². The van der Waals surface area contributed by atoms with Gasteiger partial charge in [-0.3, -0.25) is 0 Å². The summed E-state index contributed by atoms with van der Waals surface area (Å²) in [6.07, 6.45) is 5.38. The van der Waals surface area contributed by atoms with Gasteiger partial charge >= 0.3 is 0 Å². The van der Waals surface area contributed by atoms with Gasteiger partial charge in [-0.15, -0.1) is 0 Å².